The zero-order valence-corrected chi connectivity index (χ0v) is 18.6. The third kappa shape index (κ3) is 6.13. The van der Waals surface area contributed by atoms with E-state index in [1.165, 1.54) is 16.7 Å². The largest absolute Gasteiger partial charge is 0.465 e. The molecule has 0 fully saturated rings. The number of para-hydroxylation sites is 1. The molecule has 174 valence electrons. The molecule has 1 atom stereocenters. The topological polar surface area (TPSA) is 116 Å². The Morgan fingerprint density at radius 2 is 1.82 bits per heavy atom. The molecule has 10 nitrogen and oxygen atoms in total. The molecule has 1 heterocycles. The number of rotatable bonds is 11. The normalized spacial score (nSPS) is 11.7. The van der Waals surface area contributed by atoms with Crippen LogP contribution < -0.4 is 5.32 Å². The van der Waals surface area contributed by atoms with E-state index in [2.05, 4.69) is 15.6 Å². The van der Waals surface area contributed by atoms with Gasteiger partial charge in [0.2, 0.25) is 11.8 Å². The molecule has 0 bridgehead atoms. The summed E-state index contributed by atoms with van der Waals surface area (Å²) in [6.07, 6.45) is 0. The zero-order chi connectivity index (χ0) is 23.6. The number of amides is 2. The van der Waals surface area contributed by atoms with Gasteiger partial charge in [0, 0.05) is 13.7 Å². The van der Waals surface area contributed by atoms with Gasteiger partial charge in [-0.05, 0) is 24.6 Å². The molecule has 0 aliphatic rings. The molecule has 0 aliphatic carbocycles. The summed E-state index contributed by atoms with van der Waals surface area (Å²) in [6, 6.07) is 15.0. The molecule has 33 heavy (non-hydrogen) atoms. The SMILES string of the molecule is CCOC(=O)CN(C(=O)Cn1nnc2ccccc21)[C@@H](C(=O)NCCOC)c1ccccc1. The van der Waals surface area contributed by atoms with Crippen LogP contribution >= 0.6 is 0 Å². The maximum absolute atomic E-state index is 13.5. The van der Waals surface area contributed by atoms with E-state index in [4.69, 9.17) is 9.47 Å². The van der Waals surface area contributed by atoms with Gasteiger partial charge in [-0.3, -0.25) is 14.4 Å². The Balaban J connectivity index is 1.94. The molecule has 2 aromatic carbocycles. The summed E-state index contributed by atoms with van der Waals surface area (Å²) in [5, 5.41) is 10.9. The van der Waals surface area contributed by atoms with E-state index in [1.807, 2.05) is 18.2 Å². The number of hydrogen-bond donors (Lipinski definition) is 1. The molecule has 0 saturated heterocycles. The molecule has 1 N–H and O–H groups in total. The van der Waals surface area contributed by atoms with Crippen LogP contribution in [0.5, 0.6) is 0 Å². The number of methoxy groups -OCH3 is 1. The molecule has 3 rings (SSSR count). The van der Waals surface area contributed by atoms with E-state index in [0.29, 0.717) is 23.2 Å². The highest BCUT2D eigenvalue weighted by molar-refractivity contribution is 5.91. The Morgan fingerprint density at radius 3 is 2.55 bits per heavy atom. The van der Waals surface area contributed by atoms with Crippen LogP contribution in [-0.2, 0) is 30.4 Å². The number of ether oxygens (including phenoxy) is 2. The van der Waals surface area contributed by atoms with E-state index in [0.717, 1.165) is 0 Å². The van der Waals surface area contributed by atoms with Crippen LogP contribution in [0.1, 0.15) is 18.5 Å². The maximum Gasteiger partial charge on any atom is 0.325 e. The molecule has 10 heteroatoms. The van der Waals surface area contributed by atoms with Crippen molar-refractivity contribution in [2.24, 2.45) is 0 Å². The highest BCUT2D eigenvalue weighted by Gasteiger charge is 2.33. The third-order valence-electron chi connectivity index (χ3n) is 4.91. The summed E-state index contributed by atoms with van der Waals surface area (Å²) in [7, 11) is 1.53. The molecule has 0 radical (unpaired) electrons. The van der Waals surface area contributed by atoms with Crippen molar-refractivity contribution in [1.29, 1.82) is 0 Å². The van der Waals surface area contributed by atoms with Crippen molar-refractivity contribution in [3.63, 3.8) is 0 Å². The van der Waals surface area contributed by atoms with Crippen LogP contribution in [0, 0.1) is 0 Å². The molecule has 2 amide bonds. The van der Waals surface area contributed by atoms with E-state index in [-0.39, 0.29) is 19.7 Å². The number of esters is 1. The predicted octanol–water partition coefficient (Wildman–Crippen LogP) is 1.33. The summed E-state index contributed by atoms with van der Waals surface area (Å²) >= 11 is 0. The molecule has 0 spiro atoms. The lowest BCUT2D eigenvalue weighted by Crippen LogP contribution is -2.47. The lowest BCUT2D eigenvalue weighted by molar-refractivity contribution is -0.152. The van der Waals surface area contributed by atoms with Gasteiger partial charge < -0.3 is 19.7 Å². The highest BCUT2D eigenvalue weighted by atomic mass is 16.5. The molecule has 3 aromatic rings. The van der Waals surface area contributed by atoms with E-state index in [9.17, 15) is 14.4 Å². The van der Waals surface area contributed by atoms with Crippen molar-refractivity contribution in [2.75, 3.05) is 33.4 Å². The second-order valence-electron chi connectivity index (χ2n) is 7.16. The summed E-state index contributed by atoms with van der Waals surface area (Å²) in [4.78, 5) is 40.2. The second-order valence-corrected chi connectivity index (χ2v) is 7.16. The summed E-state index contributed by atoms with van der Waals surface area (Å²) in [5.41, 5.74) is 1.87. The van der Waals surface area contributed by atoms with E-state index >= 15 is 0 Å². The average Bonchev–Trinajstić information content (AvgIpc) is 3.22. The molecule has 1 aromatic heterocycles. The minimum atomic E-state index is -1.05. The van der Waals surface area contributed by atoms with Crippen LogP contribution in [0.4, 0.5) is 0 Å². The van der Waals surface area contributed by atoms with Gasteiger partial charge in [-0.1, -0.05) is 47.7 Å². The first-order chi connectivity index (χ1) is 16.0. The van der Waals surface area contributed by atoms with Crippen LogP contribution in [0.3, 0.4) is 0 Å². The van der Waals surface area contributed by atoms with Crippen LogP contribution in [0.15, 0.2) is 54.6 Å². The second kappa shape index (κ2) is 11.7. The van der Waals surface area contributed by atoms with Gasteiger partial charge in [0.25, 0.3) is 0 Å². The molecule has 0 aliphatic heterocycles. The highest BCUT2D eigenvalue weighted by Crippen LogP contribution is 2.22. The fourth-order valence-electron chi connectivity index (χ4n) is 3.40. The number of nitrogens with zero attached hydrogens (tertiary/aromatic N) is 4. The van der Waals surface area contributed by atoms with Gasteiger partial charge in [0.15, 0.2) is 0 Å². The van der Waals surface area contributed by atoms with Crippen molar-refractivity contribution in [1.82, 2.24) is 25.2 Å². The van der Waals surface area contributed by atoms with Gasteiger partial charge in [-0.2, -0.15) is 0 Å². The number of carbonyl (C=O) groups is 3. The van der Waals surface area contributed by atoms with Gasteiger partial charge in [-0.25, -0.2) is 4.68 Å². The summed E-state index contributed by atoms with van der Waals surface area (Å²) < 4.78 is 11.5. The quantitative estimate of drug-likeness (QED) is 0.344. The van der Waals surface area contributed by atoms with Gasteiger partial charge in [0.1, 0.15) is 24.6 Å². The average molecular weight is 453 g/mol. The Bertz CT molecular complexity index is 1090. The first kappa shape index (κ1) is 23.9. The number of hydrogen-bond acceptors (Lipinski definition) is 7. The van der Waals surface area contributed by atoms with Crippen molar-refractivity contribution in [3.8, 4) is 0 Å². The van der Waals surface area contributed by atoms with Crippen LogP contribution in [0.2, 0.25) is 0 Å². The number of aromatic nitrogens is 3. The standard InChI is InChI=1S/C23H27N5O5/c1-3-33-21(30)16-27(20(29)15-28-19-12-8-7-11-18(19)25-26-28)22(17-9-5-4-6-10-17)23(31)24-13-14-32-2/h4-12,22H,3,13-16H2,1-2H3,(H,24,31)/t22-/m1/s1. The van der Waals surface area contributed by atoms with Crippen LogP contribution in [0.25, 0.3) is 11.0 Å². The fourth-order valence-corrected chi connectivity index (χ4v) is 3.40. The van der Waals surface area contributed by atoms with Crippen molar-refractivity contribution < 1.29 is 23.9 Å². The number of benzene rings is 2. The van der Waals surface area contributed by atoms with Crippen molar-refractivity contribution in [2.45, 2.75) is 19.5 Å². The first-order valence-electron chi connectivity index (χ1n) is 10.6. The number of nitrogens with one attached hydrogen (secondary N) is 1. The fraction of sp³-hybridized carbons (Fsp3) is 0.348. The third-order valence-corrected chi connectivity index (χ3v) is 4.91. The number of fused-ring (bicyclic) bond motifs is 1. The van der Waals surface area contributed by atoms with Crippen molar-refractivity contribution >= 4 is 28.8 Å². The van der Waals surface area contributed by atoms with Crippen LogP contribution in [-0.4, -0.2) is 71.1 Å². The predicted molar refractivity (Wildman–Crippen MR) is 120 cm³/mol. The Hall–Kier alpha value is -3.79. The molecular weight excluding hydrogens is 426 g/mol. The Kier molecular flexibility index (Phi) is 8.48. The molecular formula is C23H27N5O5. The maximum atomic E-state index is 13.5. The number of carbonyl (C=O) groups excluding carboxylic acids is 3. The minimum Gasteiger partial charge on any atom is -0.465 e. The lowest BCUT2D eigenvalue weighted by atomic mass is 10.0. The van der Waals surface area contributed by atoms with Gasteiger partial charge in [-0.15, -0.1) is 5.10 Å². The zero-order valence-electron chi connectivity index (χ0n) is 18.6. The Morgan fingerprint density at radius 1 is 1.09 bits per heavy atom. The molecule has 0 saturated carbocycles. The first-order valence-corrected chi connectivity index (χ1v) is 10.6. The summed E-state index contributed by atoms with van der Waals surface area (Å²) in [5.74, 6) is -1.52. The van der Waals surface area contributed by atoms with Gasteiger partial charge in [0.05, 0.1) is 18.7 Å². The lowest BCUT2D eigenvalue weighted by Gasteiger charge is -2.30. The van der Waals surface area contributed by atoms with E-state index in [1.54, 1.807) is 43.3 Å². The van der Waals surface area contributed by atoms with Gasteiger partial charge >= 0.3 is 5.97 Å². The minimum absolute atomic E-state index is 0.157. The summed E-state index contributed by atoms with van der Waals surface area (Å²) in [6.45, 7) is 1.81. The monoisotopic (exact) mass is 453 g/mol. The van der Waals surface area contributed by atoms with Crippen molar-refractivity contribution in [3.05, 3.63) is 60.2 Å². The molecule has 0 unspecified atom stereocenters. The van der Waals surface area contributed by atoms with E-state index < -0.39 is 30.4 Å². The Labute approximate surface area is 191 Å². The smallest absolute Gasteiger partial charge is 0.325 e.